The number of imidazole rings is 1. The summed E-state index contributed by atoms with van der Waals surface area (Å²) in [4.78, 5) is 36.0. The summed E-state index contributed by atoms with van der Waals surface area (Å²) >= 11 is 0. The van der Waals surface area contributed by atoms with E-state index >= 15 is 0 Å². The van der Waals surface area contributed by atoms with E-state index in [9.17, 15) is 23.1 Å². The first kappa shape index (κ1) is 36.5. The number of piperazine rings is 1. The van der Waals surface area contributed by atoms with Gasteiger partial charge in [-0.15, -0.1) is 0 Å². The number of aliphatic hydroxyl groups is 1. The summed E-state index contributed by atoms with van der Waals surface area (Å²) in [6.07, 6.45) is 6.24. The van der Waals surface area contributed by atoms with E-state index in [4.69, 9.17) is 14.5 Å². The van der Waals surface area contributed by atoms with Crippen LogP contribution < -0.4 is 0 Å². The summed E-state index contributed by atoms with van der Waals surface area (Å²) in [7, 11) is -3.10. The van der Waals surface area contributed by atoms with Crippen molar-refractivity contribution in [3.05, 3.63) is 78.2 Å². The zero-order valence-electron chi connectivity index (χ0n) is 29.1. The van der Waals surface area contributed by atoms with Gasteiger partial charge in [-0.3, -0.25) is 4.79 Å². The average molecular weight is 695 g/mol. The van der Waals surface area contributed by atoms with Crippen molar-refractivity contribution >= 4 is 21.8 Å². The Kier molecular flexibility index (Phi) is 11.5. The van der Waals surface area contributed by atoms with Crippen molar-refractivity contribution in [3.8, 4) is 11.3 Å². The van der Waals surface area contributed by atoms with Crippen LogP contribution >= 0.6 is 0 Å². The molecule has 0 radical (unpaired) electrons. The van der Waals surface area contributed by atoms with Gasteiger partial charge in [0.1, 0.15) is 21.0 Å². The molecule has 2 fully saturated rings. The Balaban J connectivity index is 1.45. The molecular weight excluding hydrogens is 644 g/mol. The predicted octanol–water partition coefficient (Wildman–Crippen LogP) is 5.15. The summed E-state index contributed by atoms with van der Waals surface area (Å²) in [6, 6.07) is 18.8. The fourth-order valence-electron chi connectivity index (χ4n) is 6.89. The molecule has 3 aromatic rings. The molecule has 2 heterocycles. The SMILES string of the molecule is CC(C)(C)OC(=O)N1CCN(C(=O)c2ncn(C3CCCCC3(O)COCCCS(C)(=O)=O)c2-c2ccccc2)[C@H](Cc2ccccc2)C1. The zero-order valence-corrected chi connectivity index (χ0v) is 29.9. The number of hydrogen-bond acceptors (Lipinski definition) is 8. The number of rotatable bonds is 11. The van der Waals surface area contributed by atoms with Crippen molar-refractivity contribution in [2.75, 3.05) is 44.9 Å². The number of hydrogen-bond donors (Lipinski definition) is 1. The fraction of sp³-hybridized carbons (Fsp3) is 0.541. The van der Waals surface area contributed by atoms with E-state index in [1.54, 1.807) is 11.2 Å². The lowest BCUT2D eigenvalue weighted by atomic mass is 9.80. The van der Waals surface area contributed by atoms with Crippen LogP contribution in [0.2, 0.25) is 0 Å². The minimum absolute atomic E-state index is 0.0251. The maximum absolute atomic E-state index is 14.7. The summed E-state index contributed by atoms with van der Waals surface area (Å²) in [5.41, 5.74) is 0.894. The second-order valence-electron chi connectivity index (χ2n) is 14.4. The highest BCUT2D eigenvalue weighted by atomic mass is 32.2. The standard InChI is InChI=1S/C37H50N4O7S/c1-36(2,3)48-35(43)39-20-21-40(30(25-39)24-28-14-7-5-8-15-28)34(42)32-33(29-16-9-6-10-17-29)41(27-38-32)31-18-11-12-19-37(31,44)26-47-22-13-23-49(4,45)46/h5-10,14-17,27,30-31,44H,11-13,18-26H2,1-4H3/t30-,31?,37?/m1/s1. The Morgan fingerprint density at radius 1 is 1.02 bits per heavy atom. The van der Waals surface area contributed by atoms with Crippen LogP contribution in [0.5, 0.6) is 0 Å². The quantitative estimate of drug-likeness (QED) is 0.273. The first-order valence-electron chi connectivity index (χ1n) is 17.2. The van der Waals surface area contributed by atoms with E-state index in [-0.39, 0.29) is 36.6 Å². The van der Waals surface area contributed by atoms with Gasteiger partial charge in [0.05, 0.1) is 36.5 Å². The Labute approximate surface area is 290 Å². The molecule has 1 N–H and O–H groups in total. The molecule has 266 valence electrons. The van der Waals surface area contributed by atoms with Crippen LogP contribution in [-0.4, -0.2) is 107 Å². The third-order valence-corrected chi connectivity index (χ3v) is 10.2. The van der Waals surface area contributed by atoms with Gasteiger partial charge < -0.3 is 28.9 Å². The Bertz CT molecular complexity index is 1670. The fourth-order valence-corrected chi connectivity index (χ4v) is 7.53. The van der Waals surface area contributed by atoms with E-state index < -0.39 is 33.2 Å². The number of benzene rings is 2. The van der Waals surface area contributed by atoms with Crippen LogP contribution in [0.3, 0.4) is 0 Å². The van der Waals surface area contributed by atoms with E-state index in [0.29, 0.717) is 51.0 Å². The van der Waals surface area contributed by atoms with E-state index in [0.717, 1.165) is 24.0 Å². The molecule has 12 heteroatoms. The third kappa shape index (κ3) is 9.49. The summed E-state index contributed by atoms with van der Waals surface area (Å²) < 4.78 is 36.7. The number of sulfone groups is 1. The van der Waals surface area contributed by atoms with Crippen molar-refractivity contribution in [3.63, 3.8) is 0 Å². The molecule has 0 spiro atoms. The van der Waals surface area contributed by atoms with Crippen LogP contribution in [0.4, 0.5) is 4.79 Å². The Hall–Kier alpha value is -3.74. The summed E-state index contributed by atoms with van der Waals surface area (Å²) in [5, 5.41) is 12.0. The molecule has 1 aromatic heterocycles. The van der Waals surface area contributed by atoms with Crippen molar-refractivity contribution < 1.29 is 32.6 Å². The number of aromatic nitrogens is 2. The number of ether oxygens (including phenoxy) is 2. The van der Waals surface area contributed by atoms with Crippen molar-refractivity contribution in [2.45, 2.75) is 82.6 Å². The molecular formula is C37H50N4O7S. The maximum Gasteiger partial charge on any atom is 0.410 e. The van der Waals surface area contributed by atoms with Gasteiger partial charge in [-0.25, -0.2) is 18.2 Å². The van der Waals surface area contributed by atoms with Crippen molar-refractivity contribution in [1.82, 2.24) is 19.4 Å². The smallest absolute Gasteiger partial charge is 0.410 e. The number of carbonyl (C=O) groups is 2. The maximum atomic E-state index is 14.7. The van der Waals surface area contributed by atoms with Crippen molar-refractivity contribution in [2.24, 2.45) is 0 Å². The molecule has 0 bridgehead atoms. The highest BCUT2D eigenvalue weighted by Crippen LogP contribution is 2.41. The second-order valence-corrected chi connectivity index (χ2v) is 16.6. The van der Waals surface area contributed by atoms with Gasteiger partial charge >= 0.3 is 6.09 Å². The highest BCUT2D eigenvalue weighted by Gasteiger charge is 2.43. The first-order valence-corrected chi connectivity index (χ1v) is 19.2. The molecule has 2 unspecified atom stereocenters. The normalized spacial score (nSPS) is 21.8. The number of carbonyl (C=O) groups excluding carboxylic acids is 2. The average Bonchev–Trinajstić information content (AvgIpc) is 3.49. The molecule has 2 amide bonds. The Morgan fingerprint density at radius 3 is 2.39 bits per heavy atom. The van der Waals surface area contributed by atoms with E-state index in [1.165, 1.54) is 6.26 Å². The van der Waals surface area contributed by atoms with Gasteiger partial charge in [-0.05, 0) is 52.0 Å². The van der Waals surface area contributed by atoms with Gasteiger partial charge in [-0.1, -0.05) is 73.5 Å². The van der Waals surface area contributed by atoms with Crippen LogP contribution in [-0.2, 0) is 25.7 Å². The monoisotopic (exact) mass is 694 g/mol. The van der Waals surface area contributed by atoms with Gasteiger partial charge in [-0.2, -0.15) is 0 Å². The minimum atomic E-state index is -3.10. The molecule has 2 aromatic carbocycles. The zero-order chi connectivity index (χ0) is 35.2. The third-order valence-electron chi connectivity index (χ3n) is 9.20. The molecule has 1 saturated heterocycles. The van der Waals surface area contributed by atoms with Crippen LogP contribution in [0.15, 0.2) is 67.0 Å². The molecule has 49 heavy (non-hydrogen) atoms. The van der Waals surface area contributed by atoms with E-state index in [2.05, 4.69) is 0 Å². The molecule has 1 saturated carbocycles. The van der Waals surface area contributed by atoms with Crippen LogP contribution in [0.1, 0.15) is 75.0 Å². The van der Waals surface area contributed by atoms with Gasteiger partial charge in [0.15, 0.2) is 5.69 Å². The van der Waals surface area contributed by atoms with Crippen LogP contribution in [0.25, 0.3) is 11.3 Å². The lowest BCUT2D eigenvalue weighted by molar-refractivity contribution is -0.0989. The first-order chi connectivity index (χ1) is 23.2. The summed E-state index contributed by atoms with van der Waals surface area (Å²) in [6.45, 7) is 6.74. The summed E-state index contributed by atoms with van der Waals surface area (Å²) in [5.74, 6) is -0.212. The van der Waals surface area contributed by atoms with Gasteiger partial charge in [0.2, 0.25) is 0 Å². The molecule has 3 atom stereocenters. The van der Waals surface area contributed by atoms with E-state index in [1.807, 2.05) is 90.9 Å². The topological polar surface area (TPSA) is 131 Å². The lowest BCUT2D eigenvalue weighted by Gasteiger charge is -2.42. The molecule has 2 aliphatic rings. The minimum Gasteiger partial charge on any atom is -0.444 e. The predicted molar refractivity (Wildman–Crippen MR) is 188 cm³/mol. The largest absolute Gasteiger partial charge is 0.444 e. The van der Waals surface area contributed by atoms with Crippen LogP contribution in [0, 0.1) is 0 Å². The number of amides is 2. The molecule has 1 aliphatic carbocycles. The van der Waals surface area contributed by atoms with Gasteiger partial charge in [0.25, 0.3) is 5.91 Å². The Morgan fingerprint density at radius 2 is 1.71 bits per heavy atom. The highest BCUT2D eigenvalue weighted by molar-refractivity contribution is 7.90. The van der Waals surface area contributed by atoms with Gasteiger partial charge in [0, 0.05) is 38.1 Å². The molecule has 5 rings (SSSR count). The second kappa shape index (κ2) is 15.4. The molecule has 11 nitrogen and oxygen atoms in total. The van der Waals surface area contributed by atoms with Crippen molar-refractivity contribution in [1.29, 1.82) is 0 Å². The lowest BCUT2D eigenvalue weighted by Crippen LogP contribution is -2.58. The molecule has 1 aliphatic heterocycles. The number of nitrogens with zero attached hydrogens (tertiary/aromatic N) is 4.